The normalized spacial score (nSPS) is 20.8. The monoisotopic (exact) mass is 337 g/mol. The largest absolute Gasteiger partial charge is 0.376 e. The van der Waals surface area contributed by atoms with E-state index >= 15 is 0 Å². The molecule has 1 heterocycles. The Hall–Kier alpha value is -1.89. The Labute approximate surface area is 141 Å². The molecule has 1 aromatic rings. The number of carbonyl (C=O) groups excluding carboxylic acids is 1. The molecule has 0 aromatic carbocycles. The Morgan fingerprint density at radius 2 is 2.00 bits per heavy atom. The number of nitrogens with one attached hydrogen (secondary N) is 3. The highest BCUT2D eigenvalue weighted by Gasteiger charge is 2.21. The summed E-state index contributed by atoms with van der Waals surface area (Å²) in [7, 11) is 0. The molecule has 1 aliphatic rings. The van der Waals surface area contributed by atoms with Crippen molar-refractivity contribution in [1.29, 1.82) is 0 Å². The molecule has 0 bridgehead atoms. The van der Waals surface area contributed by atoms with Crippen LogP contribution in [0.3, 0.4) is 0 Å². The lowest BCUT2D eigenvalue weighted by Gasteiger charge is -2.28. The summed E-state index contributed by atoms with van der Waals surface area (Å²) in [5.74, 6) is 0.463. The predicted molar refractivity (Wildman–Crippen MR) is 91.1 cm³/mol. The Morgan fingerprint density at radius 1 is 1.25 bits per heavy atom. The second-order valence-electron chi connectivity index (χ2n) is 6.53. The van der Waals surface area contributed by atoms with E-state index in [1.807, 2.05) is 0 Å². The van der Waals surface area contributed by atoms with Gasteiger partial charge in [0.15, 0.2) is 0 Å². The van der Waals surface area contributed by atoms with Crippen molar-refractivity contribution in [3.63, 3.8) is 0 Å². The number of carbonyl (C=O) groups is 1. The summed E-state index contributed by atoms with van der Waals surface area (Å²) in [6.45, 7) is 4.86. The van der Waals surface area contributed by atoms with Crippen LogP contribution in [0.25, 0.3) is 0 Å². The van der Waals surface area contributed by atoms with Crippen LogP contribution in [0, 0.1) is 12.8 Å². The number of hydrogen-bond acceptors (Lipinski definition) is 4. The third-order valence-electron chi connectivity index (χ3n) is 4.65. The molecule has 3 N–H and O–H groups in total. The number of rotatable bonds is 7. The minimum absolute atomic E-state index is 0.125. The minimum atomic E-state index is -0.528. The van der Waals surface area contributed by atoms with Crippen LogP contribution < -0.4 is 16.6 Å². The number of ether oxygens (including phenoxy) is 1. The summed E-state index contributed by atoms with van der Waals surface area (Å²) in [5.41, 5.74) is -0.0124. The van der Waals surface area contributed by atoms with Crippen LogP contribution in [0.4, 0.5) is 0 Å². The van der Waals surface area contributed by atoms with Crippen LogP contribution in [-0.2, 0) is 16.0 Å². The van der Waals surface area contributed by atoms with Crippen LogP contribution in [-0.4, -0.2) is 35.1 Å². The highest BCUT2D eigenvalue weighted by molar-refractivity contribution is 5.76. The maximum absolute atomic E-state index is 11.9. The lowest BCUT2D eigenvalue weighted by Crippen LogP contribution is -2.32. The summed E-state index contributed by atoms with van der Waals surface area (Å²) in [6.07, 6.45) is 5.61. The first kappa shape index (κ1) is 18.4. The maximum atomic E-state index is 11.9. The van der Waals surface area contributed by atoms with Gasteiger partial charge in [-0.1, -0.05) is 19.8 Å². The van der Waals surface area contributed by atoms with Gasteiger partial charge in [0.05, 0.1) is 12.7 Å². The molecule has 24 heavy (non-hydrogen) atoms. The van der Waals surface area contributed by atoms with Crippen molar-refractivity contribution in [2.24, 2.45) is 5.92 Å². The second kappa shape index (κ2) is 8.82. The zero-order valence-electron chi connectivity index (χ0n) is 14.4. The van der Waals surface area contributed by atoms with Crippen LogP contribution in [0.15, 0.2) is 9.59 Å². The molecule has 2 rings (SSSR count). The smallest absolute Gasteiger partial charge is 0.325 e. The first-order valence-electron chi connectivity index (χ1n) is 8.67. The molecule has 2 unspecified atom stereocenters. The highest BCUT2D eigenvalue weighted by Crippen LogP contribution is 2.25. The molecule has 2 atom stereocenters. The third-order valence-corrected chi connectivity index (χ3v) is 4.65. The van der Waals surface area contributed by atoms with Gasteiger partial charge < -0.3 is 15.0 Å². The molecule has 0 saturated heterocycles. The van der Waals surface area contributed by atoms with E-state index in [-0.39, 0.29) is 12.3 Å². The summed E-state index contributed by atoms with van der Waals surface area (Å²) in [4.78, 5) is 39.4. The average Bonchev–Trinajstić information content (AvgIpc) is 2.52. The Bertz CT molecular complexity index is 665. The molecule has 1 amide bonds. The fraction of sp³-hybridized carbons (Fsp3) is 0.706. The molecule has 0 aliphatic heterocycles. The first-order valence-corrected chi connectivity index (χ1v) is 8.67. The summed E-state index contributed by atoms with van der Waals surface area (Å²) in [6, 6.07) is 0. The first-order chi connectivity index (χ1) is 11.5. The van der Waals surface area contributed by atoms with Gasteiger partial charge in [-0.3, -0.25) is 14.6 Å². The van der Waals surface area contributed by atoms with Crippen molar-refractivity contribution in [2.75, 3.05) is 13.2 Å². The van der Waals surface area contributed by atoms with Crippen molar-refractivity contribution >= 4 is 5.91 Å². The Kier molecular flexibility index (Phi) is 6.78. The molecule has 1 aliphatic carbocycles. The quantitative estimate of drug-likeness (QED) is 0.646. The van der Waals surface area contributed by atoms with Crippen LogP contribution in [0.5, 0.6) is 0 Å². The number of aromatic amines is 2. The molecular formula is C17H27N3O4. The Morgan fingerprint density at radius 3 is 2.71 bits per heavy atom. The fourth-order valence-corrected chi connectivity index (χ4v) is 3.18. The molecule has 1 saturated carbocycles. The van der Waals surface area contributed by atoms with Gasteiger partial charge in [0.1, 0.15) is 0 Å². The standard InChI is InChI=1S/C17H27N3O4/c1-11-5-3-4-6-14(11)24-10-9-18-15(21)8-7-13-12(2)19-17(23)20-16(13)22/h11,14H,3-10H2,1-2H3,(H,18,21)(H2,19,20,22,23). The number of amides is 1. The lowest BCUT2D eigenvalue weighted by atomic mass is 9.88. The van der Waals surface area contributed by atoms with Crippen molar-refractivity contribution in [3.05, 3.63) is 32.1 Å². The predicted octanol–water partition coefficient (Wildman–Crippen LogP) is 1.02. The summed E-state index contributed by atoms with van der Waals surface area (Å²) in [5, 5.41) is 2.81. The van der Waals surface area contributed by atoms with Gasteiger partial charge in [-0.25, -0.2) is 4.79 Å². The van der Waals surface area contributed by atoms with E-state index in [0.717, 1.165) is 6.42 Å². The molecule has 1 fully saturated rings. The van der Waals surface area contributed by atoms with Gasteiger partial charge in [0.2, 0.25) is 5.91 Å². The highest BCUT2D eigenvalue weighted by atomic mass is 16.5. The fourth-order valence-electron chi connectivity index (χ4n) is 3.18. The van der Waals surface area contributed by atoms with Gasteiger partial charge >= 0.3 is 5.69 Å². The molecule has 0 radical (unpaired) electrons. The summed E-state index contributed by atoms with van der Waals surface area (Å²) < 4.78 is 5.85. The molecule has 7 nitrogen and oxygen atoms in total. The molecule has 0 spiro atoms. The van der Waals surface area contributed by atoms with E-state index in [1.54, 1.807) is 6.92 Å². The van der Waals surface area contributed by atoms with Gasteiger partial charge in [-0.05, 0) is 32.1 Å². The lowest BCUT2D eigenvalue weighted by molar-refractivity contribution is -0.121. The second-order valence-corrected chi connectivity index (χ2v) is 6.53. The molecule has 134 valence electrons. The number of H-pyrrole nitrogens is 2. The van der Waals surface area contributed by atoms with Gasteiger partial charge in [0.25, 0.3) is 5.56 Å². The van der Waals surface area contributed by atoms with Gasteiger partial charge in [0, 0.05) is 24.2 Å². The van der Waals surface area contributed by atoms with Crippen molar-refractivity contribution < 1.29 is 9.53 Å². The molecular weight excluding hydrogens is 310 g/mol. The maximum Gasteiger partial charge on any atom is 0.325 e. The van der Waals surface area contributed by atoms with Crippen molar-refractivity contribution in [2.45, 2.75) is 58.5 Å². The van der Waals surface area contributed by atoms with E-state index < -0.39 is 11.2 Å². The number of aromatic nitrogens is 2. The van der Waals surface area contributed by atoms with Gasteiger partial charge in [-0.15, -0.1) is 0 Å². The number of hydrogen-bond donors (Lipinski definition) is 3. The zero-order valence-corrected chi connectivity index (χ0v) is 14.4. The minimum Gasteiger partial charge on any atom is -0.376 e. The van der Waals surface area contributed by atoms with Crippen LogP contribution >= 0.6 is 0 Å². The van der Waals surface area contributed by atoms with Gasteiger partial charge in [-0.2, -0.15) is 0 Å². The van der Waals surface area contributed by atoms with Crippen molar-refractivity contribution in [1.82, 2.24) is 15.3 Å². The van der Waals surface area contributed by atoms with E-state index in [0.29, 0.717) is 42.9 Å². The van der Waals surface area contributed by atoms with Crippen LogP contribution in [0.2, 0.25) is 0 Å². The topological polar surface area (TPSA) is 104 Å². The van der Waals surface area contributed by atoms with Crippen molar-refractivity contribution in [3.8, 4) is 0 Å². The molecule has 1 aromatic heterocycles. The van der Waals surface area contributed by atoms with E-state index in [4.69, 9.17) is 4.74 Å². The molecule has 7 heteroatoms. The van der Waals surface area contributed by atoms with E-state index in [2.05, 4.69) is 22.2 Å². The third kappa shape index (κ3) is 5.33. The van der Waals surface area contributed by atoms with E-state index in [1.165, 1.54) is 19.3 Å². The SMILES string of the molecule is Cc1[nH]c(=O)[nH]c(=O)c1CCC(=O)NCCOC1CCCCC1C. The summed E-state index contributed by atoms with van der Waals surface area (Å²) >= 11 is 0. The zero-order chi connectivity index (χ0) is 17.5. The van der Waals surface area contributed by atoms with Crippen LogP contribution in [0.1, 0.15) is 50.3 Å². The number of aryl methyl sites for hydroxylation is 1. The Balaban J connectivity index is 1.69. The van der Waals surface area contributed by atoms with E-state index in [9.17, 15) is 14.4 Å². The average molecular weight is 337 g/mol.